The van der Waals surface area contributed by atoms with E-state index in [1.54, 1.807) is 6.92 Å². The van der Waals surface area contributed by atoms with Crippen LogP contribution >= 0.6 is 0 Å². The number of amides is 1. The summed E-state index contributed by atoms with van der Waals surface area (Å²) in [6, 6.07) is 2.84. The van der Waals surface area contributed by atoms with E-state index in [0.717, 1.165) is 0 Å². The fraction of sp³-hybridized carbons (Fsp3) is 0.222. The molecule has 1 rings (SSSR count). The van der Waals surface area contributed by atoms with Crippen LogP contribution in [0.25, 0.3) is 0 Å². The number of aromatic nitrogens is 1. The Labute approximate surface area is 80.8 Å². The minimum Gasteiger partial charge on any atom is -0.477 e. The van der Waals surface area contributed by atoms with E-state index in [0.29, 0.717) is 12.1 Å². The van der Waals surface area contributed by atoms with Gasteiger partial charge in [0.1, 0.15) is 5.69 Å². The molecule has 0 aliphatic heterocycles. The van der Waals surface area contributed by atoms with Crippen molar-refractivity contribution in [1.82, 2.24) is 4.98 Å². The summed E-state index contributed by atoms with van der Waals surface area (Å²) in [5.41, 5.74) is 0.460. The Morgan fingerprint density at radius 3 is 2.64 bits per heavy atom. The van der Waals surface area contributed by atoms with Crippen LogP contribution in [0.2, 0.25) is 0 Å². The molecule has 0 fully saturated rings. The van der Waals surface area contributed by atoms with E-state index >= 15 is 0 Å². The number of hydrogen-bond donors (Lipinski definition) is 2. The van der Waals surface area contributed by atoms with Gasteiger partial charge in [0, 0.05) is 6.42 Å². The maximum absolute atomic E-state index is 10.9. The third-order valence-corrected chi connectivity index (χ3v) is 1.59. The van der Waals surface area contributed by atoms with Gasteiger partial charge in [-0.15, -0.1) is 0 Å². The van der Waals surface area contributed by atoms with Gasteiger partial charge in [-0.2, -0.15) is 0 Å². The molecule has 5 heteroatoms. The van der Waals surface area contributed by atoms with E-state index in [1.165, 1.54) is 18.3 Å². The lowest BCUT2D eigenvalue weighted by Crippen LogP contribution is -2.10. The highest BCUT2D eigenvalue weighted by molar-refractivity contribution is 5.91. The molecule has 74 valence electrons. The molecule has 0 aliphatic carbocycles. The van der Waals surface area contributed by atoms with Crippen molar-refractivity contribution in [3.8, 4) is 0 Å². The molecular weight excluding hydrogens is 184 g/mol. The summed E-state index contributed by atoms with van der Waals surface area (Å²) in [5, 5.41) is 11.1. The number of aromatic carboxylic acids is 1. The monoisotopic (exact) mass is 194 g/mol. The van der Waals surface area contributed by atoms with Crippen LogP contribution in [0.5, 0.6) is 0 Å². The second kappa shape index (κ2) is 4.36. The lowest BCUT2D eigenvalue weighted by atomic mass is 10.3. The number of carbonyl (C=O) groups is 2. The van der Waals surface area contributed by atoms with Gasteiger partial charge in [0.2, 0.25) is 5.91 Å². The first kappa shape index (κ1) is 10.2. The SMILES string of the molecule is CCC(=O)Nc1ccc(C(=O)O)nc1. The first-order valence-electron chi connectivity index (χ1n) is 4.12. The average Bonchev–Trinajstić information content (AvgIpc) is 2.18. The van der Waals surface area contributed by atoms with E-state index in [9.17, 15) is 9.59 Å². The molecule has 0 saturated carbocycles. The van der Waals surface area contributed by atoms with Crippen molar-refractivity contribution >= 4 is 17.6 Å². The molecule has 0 unspecified atom stereocenters. The van der Waals surface area contributed by atoms with E-state index in [2.05, 4.69) is 10.3 Å². The summed E-state index contributed by atoms with van der Waals surface area (Å²) in [7, 11) is 0. The molecular formula is C9H10N2O3. The number of nitrogens with zero attached hydrogens (tertiary/aromatic N) is 1. The average molecular weight is 194 g/mol. The van der Waals surface area contributed by atoms with Crippen LogP contribution in [0.4, 0.5) is 5.69 Å². The second-order valence-corrected chi connectivity index (χ2v) is 2.64. The topological polar surface area (TPSA) is 79.3 Å². The fourth-order valence-corrected chi connectivity index (χ4v) is 0.844. The van der Waals surface area contributed by atoms with Gasteiger partial charge in [-0.25, -0.2) is 9.78 Å². The van der Waals surface area contributed by atoms with Crippen molar-refractivity contribution in [2.24, 2.45) is 0 Å². The van der Waals surface area contributed by atoms with Gasteiger partial charge in [0.05, 0.1) is 11.9 Å². The van der Waals surface area contributed by atoms with Gasteiger partial charge in [-0.1, -0.05) is 6.92 Å². The summed E-state index contributed by atoms with van der Waals surface area (Å²) in [6.07, 6.45) is 1.69. The molecule has 2 N–H and O–H groups in total. The Bertz CT molecular complexity index is 346. The molecule has 0 aliphatic rings. The third-order valence-electron chi connectivity index (χ3n) is 1.59. The first-order chi connectivity index (χ1) is 6.63. The van der Waals surface area contributed by atoms with Gasteiger partial charge in [0.25, 0.3) is 0 Å². The number of carbonyl (C=O) groups excluding carboxylic acids is 1. The summed E-state index contributed by atoms with van der Waals surface area (Å²) in [4.78, 5) is 25.0. The Hall–Kier alpha value is -1.91. The summed E-state index contributed by atoms with van der Waals surface area (Å²) in [5.74, 6) is -1.21. The minimum absolute atomic E-state index is 0.0421. The maximum atomic E-state index is 10.9. The number of rotatable bonds is 3. The van der Waals surface area contributed by atoms with Crippen LogP contribution in [-0.2, 0) is 4.79 Å². The molecule has 0 bridgehead atoms. The van der Waals surface area contributed by atoms with Crippen molar-refractivity contribution in [3.05, 3.63) is 24.0 Å². The van der Waals surface area contributed by atoms with Crippen LogP contribution in [0.3, 0.4) is 0 Å². The smallest absolute Gasteiger partial charge is 0.354 e. The molecule has 0 radical (unpaired) electrons. The van der Waals surface area contributed by atoms with Crippen LogP contribution in [0.1, 0.15) is 23.8 Å². The van der Waals surface area contributed by atoms with Gasteiger partial charge in [0.15, 0.2) is 0 Å². The van der Waals surface area contributed by atoms with Gasteiger partial charge < -0.3 is 10.4 Å². The summed E-state index contributed by atoms with van der Waals surface area (Å²) in [6.45, 7) is 1.73. The third kappa shape index (κ3) is 2.55. The van der Waals surface area contributed by atoms with Crippen molar-refractivity contribution < 1.29 is 14.7 Å². The maximum Gasteiger partial charge on any atom is 0.354 e. The number of nitrogens with one attached hydrogen (secondary N) is 1. The van der Waals surface area contributed by atoms with Gasteiger partial charge >= 0.3 is 5.97 Å². The molecule has 0 spiro atoms. The summed E-state index contributed by atoms with van der Waals surface area (Å²) < 4.78 is 0. The van der Waals surface area contributed by atoms with Gasteiger partial charge in [-0.05, 0) is 12.1 Å². The molecule has 0 atom stereocenters. The molecule has 1 aromatic rings. The van der Waals surface area contributed by atoms with E-state index in [4.69, 9.17) is 5.11 Å². The van der Waals surface area contributed by atoms with E-state index < -0.39 is 5.97 Å². The Morgan fingerprint density at radius 2 is 2.21 bits per heavy atom. The molecule has 1 aromatic heterocycles. The van der Waals surface area contributed by atoms with Crippen molar-refractivity contribution in [2.45, 2.75) is 13.3 Å². The zero-order valence-electron chi connectivity index (χ0n) is 7.65. The molecule has 0 aromatic carbocycles. The highest BCUT2D eigenvalue weighted by Gasteiger charge is 2.04. The fourth-order valence-electron chi connectivity index (χ4n) is 0.844. The predicted octanol–water partition coefficient (Wildman–Crippen LogP) is 1.13. The second-order valence-electron chi connectivity index (χ2n) is 2.64. The van der Waals surface area contributed by atoms with Crippen molar-refractivity contribution in [2.75, 3.05) is 5.32 Å². The van der Waals surface area contributed by atoms with E-state index in [-0.39, 0.29) is 11.6 Å². The molecule has 1 amide bonds. The minimum atomic E-state index is -1.08. The normalized spacial score (nSPS) is 9.50. The van der Waals surface area contributed by atoms with Crippen LogP contribution < -0.4 is 5.32 Å². The summed E-state index contributed by atoms with van der Waals surface area (Å²) >= 11 is 0. The highest BCUT2D eigenvalue weighted by Crippen LogP contribution is 2.06. The Morgan fingerprint density at radius 1 is 1.50 bits per heavy atom. The number of hydrogen-bond acceptors (Lipinski definition) is 3. The lowest BCUT2D eigenvalue weighted by Gasteiger charge is -2.02. The Balaban J connectivity index is 2.73. The predicted molar refractivity (Wildman–Crippen MR) is 50.1 cm³/mol. The first-order valence-corrected chi connectivity index (χ1v) is 4.12. The number of anilines is 1. The zero-order chi connectivity index (χ0) is 10.6. The molecule has 0 saturated heterocycles. The largest absolute Gasteiger partial charge is 0.477 e. The van der Waals surface area contributed by atoms with Crippen LogP contribution in [0.15, 0.2) is 18.3 Å². The van der Waals surface area contributed by atoms with Crippen molar-refractivity contribution in [1.29, 1.82) is 0 Å². The Kier molecular flexibility index (Phi) is 3.17. The number of pyridine rings is 1. The van der Waals surface area contributed by atoms with Gasteiger partial charge in [-0.3, -0.25) is 4.79 Å². The molecule has 1 heterocycles. The lowest BCUT2D eigenvalue weighted by molar-refractivity contribution is -0.115. The zero-order valence-corrected chi connectivity index (χ0v) is 7.65. The quantitative estimate of drug-likeness (QED) is 0.755. The van der Waals surface area contributed by atoms with Crippen molar-refractivity contribution in [3.63, 3.8) is 0 Å². The molecule has 5 nitrogen and oxygen atoms in total. The standard InChI is InChI=1S/C9H10N2O3/c1-2-8(12)11-6-3-4-7(9(13)14)10-5-6/h3-5H,2H2,1H3,(H,11,12)(H,13,14). The van der Waals surface area contributed by atoms with Crippen LogP contribution in [0, 0.1) is 0 Å². The number of carboxylic acid groups (broad SMARTS) is 1. The van der Waals surface area contributed by atoms with E-state index in [1.807, 2.05) is 0 Å². The number of carboxylic acids is 1. The highest BCUT2D eigenvalue weighted by atomic mass is 16.4. The van der Waals surface area contributed by atoms with Crippen LogP contribution in [-0.4, -0.2) is 22.0 Å². The molecule has 14 heavy (non-hydrogen) atoms.